The number of pyridine rings is 1. The van der Waals surface area contributed by atoms with E-state index in [2.05, 4.69) is 112 Å². The van der Waals surface area contributed by atoms with Gasteiger partial charge >= 0.3 is 21.1 Å². The predicted octanol–water partition coefficient (Wildman–Crippen LogP) is 9.07. The first kappa shape index (κ1) is 34.8. The molecule has 0 aliphatic rings. The molecule has 4 aromatic carbocycles. The van der Waals surface area contributed by atoms with Gasteiger partial charge in [-0.3, -0.25) is 4.57 Å². The van der Waals surface area contributed by atoms with Crippen LogP contribution in [0.15, 0.2) is 129 Å². The number of nitrogens with zero attached hydrogens (tertiary/aromatic N) is 9. The summed E-state index contributed by atoms with van der Waals surface area (Å²) in [7, 11) is 0. The number of aromatic nitrogens is 9. The molecule has 0 radical (unpaired) electrons. The van der Waals surface area contributed by atoms with Gasteiger partial charge in [0.15, 0.2) is 0 Å². The number of aryl methyl sites for hydroxylation is 1. The van der Waals surface area contributed by atoms with E-state index in [0.29, 0.717) is 22.9 Å². The Morgan fingerprint density at radius 2 is 1.50 bits per heavy atom. The van der Waals surface area contributed by atoms with Gasteiger partial charge in [0.1, 0.15) is 36.3 Å². The zero-order chi connectivity index (χ0) is 36.1. The van der Waals surface area contributed by atoms with Crippen LogP contribution in [0.4, 0.5) is 0 Å². The van der Waals surface area contributed by atoms with E-state index in [1.807, 2.05) is 58.8 Å². The van der Waals surface area contributed by atoms with Gasteiger partial charge in [0.05, 0.1) is 5.56 Å². The van der Waals surface area contributed by atoms with Crippen molar-refractivity contribution in [3.8, 4) is 51.2 Å². The molecule has 0 bridgehead atoms. The summed E-state index contributed by atoms with van der Waals surface area (Å²) in [5.74, 6) is 2.63. The van der Waals surface area contributed by atoms with Crippen LogP contribution in [0.3, 0.4) is 0 Å². The summed E-state index contributed by atoms with van der Waals surface area (Å²) in [6.07, 6.45) is 10.2. The maximum atomic E-state index is 6.59. The number of rotatable bonds is 7. The van der Waals surface area contributed by atoms with E-state index < -0.39 is 0 Å². The molecule has 10 nitrogen and oxygen atoms in total. The second-order valence-electron chi connectivity index (χ2n) is 13.9. The Labute approximate surface area is 326 Å². The maximum absolute atomic E-state index is 6.59. The van der Waals surface area contributed by atoms with Gasteiger partial charge in [-0.25, -0.2) is 19.6 Å². The fourth-order valence-electron chi connectivity index (χ4n) is 6.75. The SMILES string of the molecule is Cc1cc(Oc2[c-]c3c(cc2)c2ccccc2n3-c2cc(C(C)(C)C)ccn2)[c-]c(-n2nc(-c3cncnc3)c(-c3ccccc3)c2-n2cnnc2)c1.[Pt+2]. The van der Waals surface area contributed by atoms with Gasteiger partial charge in [-0.2, -0.15) is 16.7 Å². The average Bonchev–Trinajstić information content (AvgIpc) is 3.92. The standard InChI is InChI=1S/C43H33N9O.Pt/c1-28-18-32(52-42(50-26-47-48-27-50)40(29-10-6-5-7-11-29)41(49-52)30-23-44-25-45-24-30)21-34(19-28)53-33-14-15-36-35-12-8-9-13-37(35)51(38(36)22-33)39-20-31(16-17-46-39)43(2,3)4;/h5-20,23-27H,1-4H3;/q-2;+2. The van der Waals surface area contributed by atoms with E-state index in [1.165, 1.54) is 11.9 Å². The van der Waals surface area contributed by atoms with Crippen LogP contribution < -0.4 is 4.74 Å². The summed E-state index contributed by atoms with van der Waals surface area (Å²) in [4.78, 5) is 13.4. The molecule has 0 saturated heterocycles. The number of para-hydroxylation sites is 1. The zero-order valence-corrected chi connectivity index (χ0v) is 32.1. The Hall–Kier alpha value is -6.25. The van der Waals surface area contributed by atoms with Crippen LogP contribution >= 0.6 is 0 Å². The first-order valence-electron chi connectivity index (χ1n) is 17.3. The van der Waals surface area contributed by atoms with Gasteiger partial charge in [-0.1, -0.05) is 81.7 Å². The molecule has 266 valence electrons. The predicted molar refractivity (Wildman–Crippen MR) is 205 cm³/mol. The fourth-order valence-corrected chi connectivity index (χ4v) is 6.75. The minimum Gasteiger partial charge on any atom is -0.509 e. The molecule has 0 aliphatic heterocycles. The van der Waals surface area contributed by atoms with Crippen LogP contribution in [0, 0.1) is 19.1 Å². The van der Waals surface area contributed by atoms with Crippen LogP contribution in [0.5, 0.6) is 11.5 Å². The Morgan fingerprint density at radius 3 is 2.28 bits per heavy atom. The molecule has 5 aromatic heterocycles. The van der Waals surface area contributed by atoms with Crippen molar-refractivity contribution in [3.05, 3.63) is 152 Å². The van der Waals surface area contributed by atoms with Gasteiger partial charge in [-0.05, 0) is 45.8 Å². The molecule has 0 aliphatic carbocycles. The van der Waals surface area contributed by atoms with Crippen LogP contribution in [0.25, 0.3) is 61.5 Å². The summed E-state index contributed by atoms with van der Waals surface area (Å²) >= 11 is 0. The number of fused-ring (bicyclic) bond motifs is 3. The molecule has 11 heteroatoms. The quantitative estimate of drug-likeness (QED) is 0.147. The van der Waals surface area contributed by atoms with Crippen LogP contribution in [0.1, 0.15) is 31.9 Å². The normalized spacial score (nSPS) is 11.6. The van der Waals surface area contributed by atoms with E-state index in [0.717, 1.165) is 55.7 Å². The summed E-state index contributed by atoms with van der Waals surface area (Å²) in [5.41, 5.74) is 8.02. The topological polar surface area (TPSA) is 101 Å². The van der Waals surface area contributed by atoms with Gasteiger partial charge in [0, 0.05) is 41.2 Å². The molecule has 9 aromatic rings. The Balaban J connectivity index is 0.00000413. The van der Waals surface area contributed by atoms with E-state index in [-0.39, 0.29) is 26.5 Å². The molecule has 0 unspecified atom stereocenters. The van der Waals surface area contributed by atoms with Crippen molar-refractivity contribution in [1.29, 1.82) is 0 Å². The Kier molecular flexibility index (Phi) is 8.99. The van der Waals surface area contributed by atoms with Crippen molar-refractivity contribution in [3.63, 3.8) is 0 Å². The Bertz CT molecular complexity index is 2750. The largest absolute Gasteiger partial charge is 2.00 e. The van der Waals surface area contributed by atoms with E-state index in [9.17, 15) is 0 Å². The van der Waals surface area contributed by atoms with Crippen molar-refractivity contribution >= 4 is 21.8 Å². The third-order valence-electron chi connectivity index (χ3n) is 9.24. The smallest absolute Gasteiger partial charge is 0.509 e. The van der Waals surface area contributed by atoms with E-state index >= 15 is 0 Å². The molecular weight excluding hydrogens is 854 g/mol. The van der Waals surface area contributed by atoms with Crippen LogP contribution in [0.2, 0.25) is 0 Å². The summed E-state index contributed by atoms with van der Waals surface area (Å²) in [6.45, 7) is 8.65. The number of hydrogen-bond acceptors (Lipinski definition) is 7. The average molecular weight is 887 g/mol. The third kappa shape index (κ3) is 6.28. The number of benzene rings is 4. The summed E-state index contributed by atoms with van der Waals surface area (Å²) in [6, 6.07) is 37.8. The molecule has 0 atom stereocenters. The van der Waals surface area contributed by atoms with Crippen molar-refractivity contribution in [1.82, 2.24) is 44.1 Å². The van der Waals surface area contributed by atoms with Crippen LogP contribution in [-0.2, 0) is 26.5 Å². The second-order valence-corrected chi connectivity index (χ2v) is 13.9. The molecule has 0 amide bonds. The van der Waals surface area contributed by atoms with E-state index in [4.69, 9.17) is 14.8 Å². The molecule has 5 heterocycles. The maximum Gasteiger partial charge on any atom is 2.00 e. The van der Waals surface area contributed by atoms with E-state index in [1.54, 1.807) is 25.0 Å². The summed E-state index contributed by atoms with van der Waals surface area (Å²) < 4.78 is 12.4. The van der Waals surface area contributed by atoms with Gasteiger partial charge in [0.2, 0.25) is 0 Å². The van der Waals surface area contributed by atoms with Crippen LogP contribution in [-0.4, -0.2) is 44.1 Å². The molecule has 0 spiro atoms. The van der Waals surface area contributed by atoms with Crippen molar-refractivity contribution in [2.75, 3.05) is 0 Å². The Morgan fingerprint density at radius 1 is 0.741 bits per heavy atom. The van der Waals surface area contributed by atoms with Crippen molar-refractivity contribution < 1.29 is 25.8 Å². The third-order valence-corrected chi connectivity index (χ3v) is 9.24. The number of hydrogen-bond donors (Lipinski definition) is 0. The first-order valence-corrected chi connectivity index (χ1v) is 17.3. The monoisotopic (exact) mass is 886 g/mol. The first-order chi connectivity index (χ1) is 25.8. The molecule has 54 heavy (non-hydrogen) atoms. The molecule has 0 N–H and O–H groups in total. The summed E-state index contributed by atoms with van der Waals surface area (Å²) in [5, 5.41) is 15.6. The molecule has 0 fully saturated rings. The molecular formula is C43H33N9OPt. The minimum absolute atomic E-state index is 0. The zero-order valence-electron chi connectivity index (χ0n) is 29.9. The number of ether oxygens (including phenoxy) is 1. The van der Waals surface area contributed by atoms with Gasteiger partial charge in [-0.15, -0.1) is 45.9 Å². The molecule has 0 saturated carbocycles. The fraction of sp³-hybridized carbons (Fsp3) is 0.116. The molecule has 9 rings (SSSR count). The van der Waals surface area contributed by atoms with Gasteiger partial charge in [0.25, 0.3) is 0 Å². The van der Waals surface area contributed by atoms with Gasteiger partial charge < -0.3 is 9.30 Å². The second kappa shape index (κ2) is 13.9. The minimum atomic E-state index is -0.0343. The van der Waals surface area contributed by atoms with Crippen molar-refractivity contribution in [2.24, 2.45) is 0 Å². The van der Waals surface area contributed by atoms with Crippen molar-refractivity contribution in [2.45, 2.75) is 33.1 Å².